The van der Waals surface area contributed by atoms with Crippen LogP contribution in [0.4, 0.5) is 0 Å². The van der Waals surface area contributed by atoms with Crippen LogP contribution in [-0.2, 0) is 14.3 Å². The molecule has 1 amide bonds. The third-order valence-corrected chi connectivity index (χ3v) is 2.90. The Kier molecular flexibility index (Phi) is 8.11. The number of ether oxygens (including phenoxy) is 2. The lowest BCUT2D eigenvalue weighted by Gasteiger charge is -2.20. The first-order valence-corrected chi connectivity index (χ1v) is 7.12. The van der Waals surface area contributed by atoms with Crippen molar-refractivity contribution < 1.29 is 19.1 Å². The van der Waals surface area contributed by atoms with E-state index in [1.807, 2.05) is 6.92 Å². The number of esters is 1. The van der Waals surface area contributed by atoms with Crippen molar-refractivity contribution in [1.29, 1.82) is 0 Å². The maximum atomic E-state index is 12.2. The molecule has 118 valence electrons. The highest BCUT2D eigenvalue weighted by Gasteiger charge is 2.18. The molecule has 0 radical (unpaired) electrons. The minimum Gasteiger partial charge on any atom is -0.466 e. The van der Waals surface area contributed by atoms with Crippen molar-refractivity contribution in [2.45, 2.75) is 26.2 Å². The van der Waals surface area contributed by atoms with Crippen LogP contribution in [-0.4, -0.2) is 60.2 Å². The number of carbonyl (C=O) groups excluding carboxylic acids is 2. The number of nitrogens with one attached hydrogen (secondary N) is 1. The van der Waals surface area contributed by atoms with Crippen LogP contribution < -0.4 is 0 Å². The van der Waals surface area contributed by atoms with Gasteiger partial charge in [0.25, 0.3) is 5.91 Å². The van der Waals surface area contributed by atoms with Gasteiger partial charge in [0.05, 0.1) is 19.6 Å². The third-order valence-electron chi connectivity index (χ3n) is 2.90. The van der Waals surface area contributed by atoms with Gasteiger partial charge in [0.2, 0.25) is 0 Å². The Morgan fingerprint density at radius 2 is 2.14 bits per heavy atom. The fraction of sp³-hybridized carbons (Fsp3) is 0.643. The highest BCUT2D eigenvalue weighted by Crippen LogP contribution is 2.02. The molecule has 0 aliphatic heterocycles. The van der Waals surface area contributed by atoms with E-state index in [-0.39, 0.29) is 30.7 Å². The first kappa shape index (κ1) is 17.2. The molecule has 0 spiro atoms. The molecule has 1 heterocycles. The van der Waals surface area contributed by atoms with Gasteiger partial charge in [-0.2, -0.15) is 0 Å². The Morgan fingerprint density at radius 3 is 2.76 bits per heavy atom. The summed E-state index contributed by atoms with van der Waals surface area (Å²) in [5.41, 5.74) is 0. The first-order valence-electron chi connectivity index (χ1n) is 7.12. The van der Waals surface area contributed by atoms with Crippen molar-refractivity contribution in [2.75, 3.05) is 33.4 Å². The molecule has 0 bridgehead atoms. The molecule has 0 aromatic carbocycles. The van der Waals surface area contributed by atoms with E-state index in [2.05, 4.69) is 9.97 Å². The van der Waals surface area contributed by atoms with Crippen LogP contribution in [0.2, 0.25) is 0 Å². The number of methoxy groups -OCH3 is 1. The summed E-state index contributed by atoms with van der Waals surface area (Å²) in [6.07, 6.45) is 5.09. The number of imidazole rings is 1. The summed E-state index contributed by atoms with van der Waals surface area (Å²) in [5, 5.41) is 0. The van der Waals surface area contributed by atoms with Crippen LogP contribution in [0.15, 0.2) is 12.4 Å². The zero-order chi connectivity index (χ0) is 15.5. The molecular weight excluding hydrogens is 274 g/mol. The lowest BCUT2D eigenvalue weighted by Crippen LogP contribution is -2.36. The van der Waals surface area contributed by atoms with E-state index in [1.165, 1.54) is 11.1 Å². The molecular formula is C14H23N3O4. The number of aromatic amines is 1. The van der Waals surface area contributed by atoms with E-state index >= 15 is 0 Å². The predicted molar refractivity (Wildman–Crippen MR) is 76.9 cm³/mol. The van der Waals surface area contributed by atoms with E-state index in [1.54, 1.807) is 13.3 Å². The van der Waals surface area contributed by atoms with Gasteiger partial charge in [-0.3, -0.25) is 9.59 Å². The van der Waals surface area contributed by atoms with Crippen LogP contribution in [0.1, 0.15) is 36.8 Å². The number of aromatic nitrogens is 2. The second-order valence-corrected chi connectivity index (χ2v) is 4.55. The van der Waals surface area contributed by atoms with Gasteiger partial charge < -0.3 is 19.4 Å². The van der Waals surface area contributed by atoms with E-state index in [0.717, 1.165) is 12.8 Å². The first-order chi connectivity index (χ1) is 10.2. The Morgan fingerprint density at radius 1 is 1.33 bits per heavy atom. The van der Waals surface area contributed by atoms with Crippen molar-refractivity contribution in [2.24, 2.45) is 0 Å². The van der Waals surface area contributed by atoms with Gasteiger partial charge >= 0.3 is 5.97 Å². The topological polar surface area (TPSA) is 84.5 Å². The monoisotopic (exact) mass is 297 g/mol. The molecule has 0 saturated carbocycles. The maximum Gasteiger partial charge on any atom is 0.307 e. The number of hydrogen-bond acceptors (Lipinski definition) is 5. The van der Waals surface area contributed by atoms with Gasteiger partial charge in [-0.25, -0.2) is 4.98 Å². The maximum absolute atomic E-state index is 12.2. The second kappa shape index (κ2) is 9.93. The number of unbranched alkanes of at least 4 members (excludes halogenated alkanes) is 1. The summed E-state index contributed by atoms with van der Waals surface area (Å²) < 4.78 is 10.1. The minimum atomic E-state index is -0.293. The predicted octanol–water partition coefficient (Wildman–Crippen LogP) is 1.23. The Hall–Kier alpha value is -1.89. The lowest BCUT2D eigenvalue weighted by molar-refractivity contribution is -0.144. The fourth-order valence-corrected chi connectivity index (χ4v) is 1.68. The molecule has 1 aromatic heterocycles. The molecule has 0 aliphatic carbocycles. The minimum absolute atomic E-state index is 0.167. The molecule has 1 aromatic rings. The summed E-state index contributed by atoms with van der Waals surface area (Å²) in [6, 6.07) is 0. The van der Waals surface area contributed by atoms with E-state index in [4.69, 9.17) is 9.47 Å². The van der Waals surface area contributed by atoms with E-state index in [0.29, 0.717) is 19.8 Å². The molecule has 21 heavy (non-hydrogen) atoms. The molecule has 1 N–H and O–H groups in total. The number of hydrogen-bond donors (Lipinski definition) is 1. The molecule has 7 heteroatoms. The van der Waals surface area contributed by atoms with Crippen LogP contribution >= 0.6 is 0 Å². The molecule has 0 unspecified atom stereocenters. The summed E-state index contributed by atoms with van der Waals surface area (Å²) in [6.45, 7) is 3.55. The fourth-order valence-electron chi connectivity index (χ4n) is 1.68. The highest BCUT2D eigenvalue weighted by atomic mass is 16.5. The van der Waals surface area contributed by atoms with Gasteiger partial charge in [-0.1, -0.05) is 13.3 Å². The Labute approximate surface area is 124 Å². The van der Waals surface area contributed by atoms with Gasteiger partial charge in [-0.05, 0) is 6.42 Å². The third kappa shape index (κ3) is 6.40. The summed E-state index contributed by atoms with van der Waals surface area (Å²) in [5.74, 6) is -0.290. The molecule has 0 atom stereocenters. The van der Waals surface area contributed by atoms with Crippen molar-refractivity contribution in [3.8, 4) is 0 Å². The van der Waals surface area contributed by atoms with E-state index in [9.17, 15) is 9.59 Å². The zero-order valence-electron chi connectivity index (χ0n) is 12.6. The van der Waals surface area contributed by atoms with Gasteiger partial charge in [-0.15, -0.1) is 0 Å². The van der Waals surface area contributed by atoms with Crippen molar-refractivity contribution in [1.82, 2.24) is 14.9 Å². The molecule has 7 nitrogen and oxygen atoms in total. The number of H-pyrrole nitrogens is 1. The van der Waals surface area contributed by atoms with Crippen LogP contribution in [0.3, 0.4) is 0 Å². The standard InChI is InChI=1S/C14H23N3O4/c1-3-4-10-21-12(18)5-8-17(9-11-20-2)14(19)13-15-6-7-16-13/h6-7H,3-5,8-11H2,1-2H3,(H,15,16). The van der Waals surface area contributed by atoms with E-state index < -0.39 is 0 Å². The SMILES string of the molecule is CCCCOC(=O)CCN(CCOC)C(=O)c1ncc[nH]1. The molecule has 0 aliphatic rings. The molecule has 1 rings (SSSR count). The number of rotatable bonds is 10. The second-order valence-electron chi connectivity index (χ2n) is 4.55. The van der Waals surface area contributed by atoms with Crippen LogP contribution in [0.5, 0.6) is 0 Å². The molecule has 0 fully saturated rings. The molecule has 0 saturated heterocycles. The van der Waals surface area contributed by atoms with Crippen molar-refractivity contribution in [3.63, 3.8) is 0 Å². The van der Waals surface area contributed by atoms with Gasteiger partial charge in [0.15, 0.2) is 5.82 Å². The van der Waals surface area contributed by atoms with Gasteiger partial charge in [0.1, 0.15) is 0 Å². The summed E-state index contributed by atoms with van der Waals surface area (Å²) in [4.78, 5) is 32.0. The average Bonchev–Trinajstić information content (AvgIpc) is 3.01. The van der Waals surface area contributed by atoms with Crippen molar-refractivity contribution >= 4 is 11.9 Å². The normalized spacial score (nSPS) is 10.4. The summed E-state index contributed by atoms with van der Waals surface area (Å²) >= 11 is 0. The lowest BCUT2D eigenvalue weighted by atomic mass is 10.3. The van der Waals surface area contributed by atoms with Crippen molar-refractivity contribution in [3.05, 3.63) is 18.2 Å². The number of carbonyl (C=O) groups is 2. The van der Waals surface area contributed by atoms with Crippen LogP contribution in [0, 0.1) is 0 Å². The average molecular weight is 297 g/mol. The highest BCUT2D eigenvalue weighted by molar-refractivity contribution is 5.90. The number of amides is 1. The Bertz CT molecular complexity index is 420. The summed E-state index contributed by atoms with van der Waals surface area (Å²) in [7, 11) is 1.56. The smallest absolute Gasteiger partial charge is 0.307 e. The quantitative estimate of drug-likeness (QED) is 0.518. The van der Waals surface area contributed by atoms with Crippen LogP contribution in [0.25, 0.3) is 0 Å². The Balaban J connectivity index is 2.46. The van der Waals surface area contributed by atoms with Gasteiger partial charge in [0, 0.05) is 32.6 Å². The number of nitrogens with zero attached hydrogens (tertiary/aromatic N) is 2. The zero-order valence-corrected chi connectivity index (χ0v) is 12.6. The largest absolute Gasteiger partial charge is 0.466 e.